The minimum Gasteiger partial charge on any atom is -0.494 e. The van der Waals surface area contributed by atoms with E-state index in [0.29, 0.717) is 6.54 Å². The Morgan fingerprint density at radius 2 is 2.38 bits per heavy atom. The van der Waals surface area contributed by atoms with Crippen molar-refractivity contribution >= 4 is 0 Å². The summed E-state index contributed by atoms with van der Waals surface area (Å²) >= 11 is 0. The van der Waals surface area contributed by atoms with E-state index in [2.05, 4.69) is 24.4 Å². The maximum atomic E-state index is 9.48. The summed E-state index contributed by atoms with van der Waals surface area (Å²) in [5.41, 5.74) is 1.20. The predicted molar refractivity (Wildman–Crippen MR) is 63.6 cm³/mol. The van der Waals surface area contributed by atoms with Crippen molar-refractivity contribution in [2.75, 3.05) is 13.2 Å². The molecule has 1 aromatic carbocycles. The minimum atomic E-state index is -0.217. The fourth-order valence-electron chi connectivity index (χ4n) is 2.01. The molecule has 0 bridgehead atoms. The number of nitrogens with one attached hydrogen (secondary N) is 1. The SMILES string of the molecule is CCCOc1cccc(C2CC(O)CN2)c1. The Hall–Kier alpha value is -1.06. The fourth-order valence-corrected chi connectivity index (χ4v) is 2.01. The lowest BCUT2D eigenvalue weighted by molar-refractivity contribution is 0.193. The largest absolute Gasteiger partial charge is 0.494 e. The highest BCUT2D eigenvalue weighted by Crippen LogP contribution is 2.26. The zero-order valence-corrected chi connectivity index (χ0v) is 9.65. The Balaban J connectivity index is 2.04. The van der Waals surface area contributed by atoms with Gasteiger partial charge < -0.3 is 15.2 Å². The number of benzene rings is 1. The number of aliphatic hydroxyl groups is 1. The molecule has 0 radical (unpaired) electrons. The summed E-state index contributed by atoms with van der Waals surface area (Å²) in [5.74, 6) is 0.919. The number of aliphatic hydroxyl groups excluding tert-OH is 1. The molecule has 0 aromatic heterocycles. The van der Waals surface area contributed by atoms with E-state index in [4.69, 9.17) is 4.74 Å². The molecule has 1 fully saturated rings. The van der Waals surface area contributed by atoms with Gasteiger partial charge in [-0.25, -0.2) is 0 Å². The van der Waals surface area contributed by atoms with Crippen LogP contribution in [0.5, 0.6) is 5.75 Å². The third-order valence-corrected chi connectivity index (χ3v) is 2.84. The fraction of sp³-hybridized carbons (Fsp3) is 0.538. The summed E-state index contributed by atoms with van der Waals surface area (Å²) in [6.07, 6.45) is 1.59. The van der Waals surface area contributed by atoms with Crippen LogP contribution >= 0.6 is 0 Å². The summed E-state index contributed by atoms with van der Waals surface area (Å²) in [6.45, 7) is 3.54. The summed E-state index contributed by atoms with van der Waals surface area (Å²) in [4.78, 5) is 0. The first kappa shape index (κ1) is 11.4. The molecule has 2 rings (SSSR count). The van der Waals surface area contributed by atoms with E-state index in [1.54, 1.807) is 0 Å². The topological polar surface area (TPSA) is 41.5 Å². The average Bonchev–Trinajstić information content (AvgIpc) is 2.74. The van der Waals surface area contributed by atoms with Crippen LogP contribution in [0.3, 0.4) is 0 Å². The van der Waals surface area contributed by atoms with Crippen LogP contribution in [0.15, 0.2) is 24.3 Å². The van der Waals surface area contributed by atoms with E-state index in [1.807, 2.05) is 12.1 Å². The van der Waals surface area contributed by atoms with Gasteiger partial charge in [0.15, 0.2) is 0 Å². The van der Waals surface area contributed by atoms with Crippen LogP contribution in [0.25, 0.3) is 0 Å². The Labute approximate surface area is 96.4 Å². The molecular weight excluding hydrogens is 202 g/mol. The van der Waals surface area contributed by atoms with Gasteiger partial charge >= 0.3 is 0 Å². The Morgan fingerprint density at radius 3 is 3.06 bits per heavy atom. The highest BCUT2D eigenvalue weighted by atomic mass is 16.5. The van der Waals surface area contributed by atoms with Gasteiger partial charge in [0.1, 0.15) is 5.75 Å². The number of ether oxygens (including phenoxy) is 1. The van der Waals surface area contributed by atoms with Gasteiger partial charge in [0.05, 0.1) is 12.7 Å². The van der Waals surface area contributed by atoms with Crippen LogP contribution in [0.1, 0.15) is 31.4 Å². The van der Waals surface area contributed by atoms with Crippen molar-refractivity contribution in [1.29, 1.82) is 0 Å². The van der Waals surface area contributed by atoms with E-state index in [1.165, 1.54) is 5.56 Å². The molecule has 16 heavy (non-hydrogen) atoms. The molecule has 1 aromatic rings. The number of hydrogen-bond acceptors (Lipinski definition) is 3. The lowest BCUT2D eigenvalue weighted by Gasteiger charge is -2.12. The third kappa shape index (κ3) is 2.74. The molecule has 0 spiro atoms. The smallest absolute Gasteiger partial charge is 0.119 e. The first-order chi connectivity index (χ1) is 7.79. The Kier molecular flexibility index (Phi) is 3.80. The van der Waals surface area contributed by atoms with E-state index >= 15 is 0 Å². The van der Waals surface area contributed by atoms with Gasteiger partial charge in [0.2, 0.25) is 0 Å². The van der Waals surface area contributed by atoms with Gasteiger partial charge in [0.25, 0.3) is 0 Å². The molecule has 1 aliphatic heterocycles. The molecule has 0 amide bonds. The lowest BCUT2D eigenvalue weighted by Crippen LogP contribution is -2.14. The second-order valence-corrected chi connectivity index (χ2v) is 4.27. The van der Waals surface area contributed by atoms with Crippen molar-refractivity contribution in [2.24, 2.45) is 0 Å². The second kappa shape index (κ2) is 5.32. The van der Waals surface area contributed by atoms with Crippen molar-refractivity contribution in [3.8, 4) is 5.75 Å². The Morgan fingerprint density at radius 1 is 1.50 bits per heavy atom. The van der Waals surface area contributed by atoms with Crippen LogP contribution in [-0.2, 0) is 0 Å². The highest BCUT2D eigenvalue weighted by Gasteiger charge is 2.23. The molecule has 2 N–H and O–H groups in total. The molecule has 1 aliphatic rings. The van der Waals surface area contributed by atoms with E-state index in [9.17, 15) is 5.11 Å². The quantitative estimate of drug-likeness (QED) is 0.815. The van der Waals surface area contributed by atoms with Crippen molar-refractivity contribution in [3.05, 3.63) is 29.8 Å². The van der Waals surface area contributed by atoms with Gasteiger partial charge in [-0.15, -0.1) is 0 Å². The van der Waals surface area contributed by atoms with Crippen molar-refractivity contribution < 1.29 is 9.84 Å². The molecule has 88 valence electrons. The molecule has 0 saturated carbocycles. The van der Waals surface area contributed by atoms with Gasteiger partial charge in [-0.2, -0.15) is 0 Å². The minimum absolute atomic E-state index is 0.217. The standard InChI is InChI=1S/C13H19NO2/c1-2-6-16-12-5-3-4-10(7-12)13-8-11(15)9-14-13/h3-5,7,11,13-15H,2,6,8-9H2,1H3. The lowest BCUT2D eigenvalue weighted by atomic mass is 10.0. The first-order valence-corrected chi connectivity index (χ1v) is 5.94. The molecule has 0 aliphatic carbocycles. The van der Waals surface area contributed by atoms with Crippen LogP contribution in [-0.4, -0.2) is 24.4 Å². The summed E-state index contributed by atoms with van der Waals surface area (Å²) in [5, 5.41) is 12.8. The molecule has 3 nitrogen and oxygen atoms in total. The molecule has 3 heteroatoms. The molecule has 1 heterocycles. The monoisotopic (exact) mass is 221 g/mol. The maximum absolute atomic E-state index is 9.48. The molecule has 2 atom stereocenters. The highest BCUT2D eigenvalue weighted by molar-refractivity contribution is 5.31. The molecule has 2 unspecified atom stereocenters. The van der Waals surface area contributed by atoms with Crippen LogP contribution in [0, 0.1) is 0 Å². The number of rotatable bonds is 4. The van der Waals surface area contributed by atoms with E-state index < -0.39 is 0 Å². The molecule has 1 saturated heterocycles. The van der Waals surface area contributed by atoms with Gasteiger partial charge in [-0.1, -0.05) is 19.1 Å². The normalized spacial score (nSPS) is 24.6. The number of β-amino-alcohol motifs (C(OH)–C–C–N with tert-alkyl or cyclic N) is 1. The zero-order chi connectivity index (χ0) is 11.4. The molecular formula is C13H19NO2. The van der Waals surface area contributed by atoms with Crippen LogP contribution in [0.2, 0.25) is 0 Å². The second-order valence-electron chi connectivity index (χ2n) is 4.27. The van der Waals surface area contributed by atoms with Crippen molar-refractivity contribution in [1.82, 2.24) is 5.32 Å². The van der Waals surface area contributed by atoms with Gasteiger partial charge in [0, 0.05) is 12.6 Å². The average molecular weight is 221 g/mol. The van der Waals surface area contributed by atoms with Gasteiger partial charge in [-0.05, 0) is 30.5 Å². The van der Waals surface area contributed by atoms with E-state index in [0.717, 1.165) is 25.2 Å². The Bertz CT molecular complexity index is 340. The summed E-state index contributed by atoms with van der Waals surface area (Å²) in [7, 11) is 0. The van der Waals surface area contributed by atoms with Crippen molar-refractivity contribution in [2.45, 2.75) is 31.9 Å². The first-order valence-electron chi connectivity index (χ1n) is 5.94. The van der Waals surface area contributed by atoms with Crippen LogP contribution < -0.4 is 10.1 Å². The van der Waals surface area contributed by atoms with Gasteiger partial charge in [-0.3, -0.25) is 0 Å². The van der Waals surface area contributed by atoms with Crippen LogP contribution in [0.4, 0.5) is 0 Å². The predicted octanol–water partition coefficient (Wildman–Crippen LogP) is 1.87. The number of hydrogen-bond donors (Lipinski definition) is 2. The summed E-state index contributed by atoms with van der Waals surface area (Å²) in [6, 6.07) is 8.39. The van der Waals surface area contributed by atoms with Crippen molar-refractivity contribution in [3.63, 3.8) is 0 Å². The maximum Gasteiger partial charge on any atom is 0.119 e. The summed E-state index contributed by atoms with van der Waals surface area (Å²) < 4.78 is 5.59. The van der Waals surface area contributed by atoms with E-state index in [-0.39, 0.29) is 12.1 Å². The third-order valence-electron chi connectivity index (χ3n) is 2.84. The zero-order valence-electron chi connectivity index (χ0n) is 9.65.